The molecule has 1 aromatic rings. The zero-order chi connectivity index (χ0) is 14.1. The molecule has 0 aliphatic carbocycles. The lowest BCUT2D eigenvalue weighted by molar-refractivity contribution is -0.0526. The number of nitrogens with zero attached hydrogens (tertiary/aromatic N) is 1. The third-order valence-corrected chi connectivity index (χ3v) is 4.92. The van der Waals surface area contributed by atoms with Gasteiger partial charge in [-0.1, -0.05) is 30.3 Å². The van der Waals surface area contributed by atoms with E-state index in [9.17, 15) is 0 Å². The summed E-state index contributed by atoms with van der Waals surface area (Å²) in [7, 11) is 0. The summed E-state index contributed by atoms with van der Waals surface area (Å²) in [5, 5.41) is 0. The van der Waals surface area contributed by atoms with Crippen LogP contribution in [0.2, 0.25) is 0 Å². The standard InChI is InChI=1S/C17H23NO3/c1-2-4-13(5-3-1)15-12-21-16-8-6-14(18(15)16)7-9-17-19-10-11-20-17/h1-5,14-17H,6-12H2/t14-,15+,16+/m1/s1. The lowest BCUT2D eigenvalue weighted by atomic mass is 10.0. The SMILES string of the molecule is c1ccc([C@@H]2CO[C@H]3CC[C@H](CCC4OCCO4)N32)cc1. The van der Waals surface area contributed by atoms with Crippen molar-refractivity contribution in [3.8, 4) is 0 Å². The molecule has 0 amide bonds. The third-order valence-electron chi connectivity index (χ3n) is 4.92. The van der Waals surface area contributed by atoms with Crippen LogP contribution in [0.4, 0.5) is 0 Å². The van der Waals surface area contributed by atoms with Gasteiger partial charge in [0.25, 0.3) is 0 Å². The van der Waals surface area contributed by atoms with E-state index in [2.05, 4.69) is 35.2 Å². The van der Waals surface area contributed by atoms with Crippen LogP contribution in [0, 0.1) is 0 Å². The monoisotopic (exact) mass is 289 g/mol. The molecule has 3 saturated heterocycles. The van der Waals surface area contributed by atoms with Gasteiger partial charge >= 0.3 is 0 Å². The Morgan fingerprint density at radius 3 is 2.57 bits per heavy atom. The van der Waals surface area contributed by atoms with E-state index in [1.165, 1.54) is 12.0 Å². The molecule has 3 atom stereocenters. The summed E-state index contributed by atoms with van der Waals surface area (Å²) in [6.45, 7) is 2.32. The van der Waals surface area contributed by atoms with Gasteiger partial charge in [0.15, 0.2) is 6.29 Å². The first-order chi connectivity index (χ1) is 10.4. The summed E-state index contributed by atoms with van der Waals surface area (Å²) in [5.41, 5.74) is 1.38. The van der Waals surface area contributed by atoms with E-state index in [1.54, 1.807) is 0 Å². The van der Waals surface area contributed by atoms with E-state index in [4.69, 9.17) is 14.2 Å². The number of hydrogen-bond donors (Lipinski definition) is 0. The lowest BCUT2D eigenvalue weighted by Crippen LogP contribution is -2.35. The number of hydrogen-bond acceptors (Lipinski definition) is 4. The van der Waals surface area contributed by atoms with Gasteiger partial charge in [-0.25, -0.2) is 0 Å². The van der Waals surface area contributed by atoms with Crippen LogP contribution in [-0.2, 0) is 14.2 Å². The summed E-state index contributed by atoms with van der Waals surface area (Å²) >= 11 is 0. The van der Waals surface area contributed by atoms with Crippen molar-refractivity contribution in [1.82, 2.24) is 4.90 Å². The first-order valence-electron chi connectivity index (χ1n) is 8.09. The predicted octanol–water partition coefficient (Wildman–Crippen LogP) is 2.70. The van der Waals surface area contributed by atoms with Crippen molar-refractivity contribution >= 4 is 0 Å². The van der Waals surface area contributed by atoms with E-state index in [-0.39, 0.29) is 6.29 Å². The summed E-state index contributed by atoms with van der Waals surface area (Å²) in [5.74, 6) is 0. The molecule has 114 valence electrons. The van der Waals surface area contributed by atoms with Crippen LogP contribution in [-0.4, -0.2) is 43.3 Å². The van der Waals surface area contributed by atoms with Gasteiger partial charge in [-0.05, 0) is 31.2 Å². The van der Waals surface area contributed by atoms with Crippen molar-refractivity contribution in [2.45, 2.75) is 50.3 Å². The fraction of sp³-hybridized carbons (Fsp3) is 0.647. The van der Waals surface area contributed by atoms with Gasteiger partial charge in [0.2, 0.25) is 0 Å². The Kier molecular flexibility index (Phi) is 3.95. The molecular weight excluding hydrogens is 266 g/mol. The Hall–Kier alpha value is -0.940. The molecule has 0 N–H and O–H groups in total. The van der Waals surface area contributed by atoms with E-state index in [0.29, 0.717) is 18.3 Å². The van der Waals surface area contributed by atoms with Crippen LogP contribution >= 0.6 is 0 Å². The fourth-order valence-electron chi connectivity index (χ4n) is 3.92. The first kappa shape index (κ1) is 13.7. The molecule has 0 radical (unpaired) electrons. The normalized spacial score (nSPS) is 33.6. The molecular formula is C17H23NO3. The van der Waals surface area contributed by atoms with Gasteiger partial charge < -0.3 is 14.2 Å². The van der Waals surface area contributed by atoms with Crippen LogP contribution in [0.3, 0.4) is 0 Å². The molecule has 0 saturated carbocycles. The number of fused-ring (bicyclic) bond motifs is 1. The third kappa shape index (κ3) is 2.73. The van der Waals surface area contributed by atoms with Gasteiger partial charge in [0.1, 0.15) is 6.23 Å². The van der Waals surface area contributed by atoms with Gasteiger partial charge in [-0.15, -0.1) is 0 Å². The minimum atomic E-state index is 0.0164. The fourth-order valence-corrected chi connectivity index (χ4v) is 3.92. The van der Waals surface area contributed by atoms with Crippen LogP contribution in [0.25, 0.3) is 0 Å². The van der Waals surface area contributed by atoms with Crippen LogP contribution in [0.5, 0.6) is 0 Å². The Morgan fingerprint density at radius 1 is 0.952 bits per heavy atom. The molecule has 3 aliphatic heterocycles. The summed E-state index contributed by atoms with van der Waals surface area (Å²) < 4.78 is 17.1. The minimum Gasteiger partial charge on any atom is -0.361 e. The molecule has 4 rings (SSSR count). The van der Waals surface area contributed by atoms with Crippen molar-refractivity contribution in [1.29, 1.82) is 0 Å². The average Bonchev–Trinajstić information content (AvgIpc) is 3.24. The van der Waals surface area contributed by atoms with Crippen LogP contribution in [0.15, 0.2) is 30.3 Å². The highest BCUT2D eigenvalue weighted by Gasteiger charge is 2.44. The van der Waals surface area contributed by atoms with Gasteiger partial charge in [-0.3, -0.25) is 4.90 Å². The second-order valence-electron chi connectivity index (χ2n) is 6.14. The predicted molar refractivity (Wildman–Crippen MR) is 78.7 cm³/mol. The molecule has 0 unspecified atom stereocenters. The Balaban J connectivity index is 1.43. The Morgan fingerprint density at radius 2 is 1.76 bits per heavy atom. The number of ether oxygens (including phenoxy) is 3. The van der Waals surface area contributed by atoms with Crippen molar-refractivity contribution in [2.24, 2.45) is 0 Å². The van der Waals surface area contributed by atoms with Gasteiger partial charge in [-0.2, -0.15) is 0 Å². The quantitative estimate of drug-likeness (QED) is 0.853. The highest BCUT2D eigenvalue weighted by atomic mass is 16.7. The second kappa shape index (κ2) is 6.05. The van der Waals surface area contributed by atoms with E-state index >= 15 is 0 Å². The van der Waals surface area contributed by atoms with Gasteiger partial charge in [0, 0.05) is 6.04 Å². The van der Waals surface area contributed by atoms with Crippen molar-refractivity contribution in [2.75, 3.05) is 19.8 Å². The molecule has 4 nitrogen and oxygen atoms in total. The molecule has 3 fully saturated rings. The molecule has 3 aliphatic rings. The van der Waals surface area contributed by atoms with Crippen LogP contribution in [0.1, 0.15) is 37.3 Å². The zero-order valence-electron chi connectivity index (χ0n) is 12.3. The summed E-state index contributed by atoms with van der Waals surface area (Å²) in [6, 6.07) is 11.8. The largest absolute Gasteiger partial charge is 0.361 e. The molecule has 4 heteroatoms. The maximum Gasteiger partial charge on any atom is 0.157 e. The molecule has 1 aromatic carbocycles. The number of rotatable bonds is 4. The van der Waals surface area contributed by atoms with Crippen molar-refractivity contribution < 1.29 is 14.2 Å². The van der Waals surface area contributed by atoms with Crippen molar-refractivity contribution in [3.05, 3.63) is 35.9 Å². The first-order valence-corrected chi connectivity index (χ1v) is 8.09. The molecule has 0 bridgehead atoms. The average molecular weight is 289 g/mol. The molecule has 0 spiro atoms. The molecule has 21 heavy (non-hydrogen) atoms. The maximum atomic E-state index is 6.01. The topological polar surface area (TPSA) is 30.9 Å². The lowest BCUT2D eigenvalue weighted by Gasteiger charge is -2.29. The van der Waals surface area contributed by atoms with Crippen LogP contribution < -0.4 is 0 Å². The maximum absolute atomic E-state index is 6.01. The molecule has 0 aromatic heterocycles. The van der Waals surface area contributed by atoms with Crippen molar-refractivity contribution in [3.63, 3.8) is 0 Å². The second-order valence-corrected chi connectivity index (χ2v) is 6.14. The Labute approximate surface area is 126 Å². The van der Waals surface area contributed by atoms with E-state index < -0.39 is 0 Å². The minimum absolute atomic E-state index is 0.0164. The van der Waals surface area contributed by atoms with E-state index in [0.717, 1.165) is 39.1 Å². The zero-order valence-corrected chi connectivity index (χ0v) is 12.3. The summed E-state index contributed by atoms with van der Waals surface area (Å²) in [6.07, 6.45) is 4.83. The van der Waals surface area contributed by atoms with Gasteiger partial charge in [0.05, 0.1) is 25.9 Å². The van der Waals surface area contributed by atoms with E-state index in [1.807, 2.05) is 0 Å². The Bertz CT molecular complexity index is 460. The highest BCUT2D eigenvalue weighted by molar-refractivity contribution is 5.21. The smallest absolute Gasteiger partial charge is 0.157 e. The molecule has 3 heterocycles. The summed E-state index contributed by atoms with van der Waals surface area (Å²) in [4.78, 5) is 2.59. The number of benzene rings is 1. The highest BCUT2D eigenvalue weighted by Crippen LogP contribution is 2.41.